The van der Waals surface area contributed by atoms with Crippen LogP contribution in [0.2, 0.25) is 10.0 Å². The molecular weight excluding hydrogens is 445 g/mol. The van der Waals surface area contributed by atoms with Crippen LogP contribution in [0.3, 0.4) is 0 Å². The largest absolute Gasteiger partial charge is 0.477 e. The molecule has 2 heterocycles. The van der Waals surface area contributed by atoms with E-state index in [0.29, 0.717) is 46.9 Å². The minimum Gasteiger partial charge on any atom is -0.477 e. The van der Waals surface area contributed by atoms with Crippen molar-refractivity contribution in [2.24, 2.45) is 0 Å². The number of fused-ring (bicyclic) bond motifs is 2. The number of Topliss-reactive ketones (excluding diaryl/α,β-unsaturated/α-hetero) is 1. The first kappa shape index (κ1) is 21.1. The van der Waals surface area contributed by atoms with Gasteiger partial charge in [0.25, 0.3) is 0 Å². The Labute approximate surface area is 197 Å². The van der Waals surface area contributed by atoms with Crippen molar-refractivity contribution in [3.8, 4) is 11.5 Å². The fourth-order valence-corrected chi connectivity index (χ4v) is 4.43. The van der Waals surface area contributed by atoms with Crippen molar-refractivity contribution in [2.75, 3.05) is 6.73 Å². The number of allylic oxidation sites excluding steroid dienone is 1. The molecule has 0 saturated heterocycles. The second kappa shape index (κ2) is 8.28. The van der Waals surface area contributed by atoms with Crippen molar-refractivity contribution in [1.82, 2.24) is 4.90 Å². The van der Waals surface area contributed by atoms with Gasteiger partial charge in [0.2, 0.25) is 5.78 Å². The lowest BCUT2D eigenvalue weighted by molar-refractivity contribution is 0.0876. The van der Waals surface area contributed by atoms with Crippen LogP contribution in [-0.4, -0.2) is 17.4 Å². The minimum absolute atomic E-state index is 0.104. The van der Waals surface area contributed by atoms with E-state index in [2.05, 4.69) is 4.90 Å². The van der Waals surface area contributed by atoms with Crippen LogP contribution < -0.4 is 9.47 Å². The molecule has 0 N–H and O–H groups in total. The normalized spacial score (nSPS) is 16.5. The number of hydrogen-bond acceptors (Lipinski definition) is 4. The number of benzene rings is 3. The molecule has 6 heteroatoms. The van der Waals surface area contributed by atoms with Crippen LogP contribution >= 0.6 is 23.2 Å². The molecule has 0 bridgehead atoms. The van der Waals surface area contributed by atoms with E-state index in [1.165, 1.54) is 5.56 Å². The molecule has 0 spiro atoms. The number of nitrogens with zero attached hydrogens (tertiary/aromatic N) is 1. The third-order valence-electron chi connectivity index (χ3n) is 5.77. The van der Waals surface area contributed by atoms with Gasteiger partial charge in [-0.2, -0.15) is 0 Å². The van der Waals surface area contributed by atoms with Crippen molar-refractivity contribution in [3.05, 3.63) is 97.7 Å². The van der Waals surface area contributed by atoms with Gasteiger partial charge in [-0.3, -0.25) is 9.69 Å². The maximum atomic E-state index is 13.1. The van der Waals surface area contributed by atoms with Crippen LogP contribution in [0.4, 0.5) is 0 Å². The topological polar surface area (TPSA) is 38.8 Å². The summed E-state index contributed by atoms with van der Waals surface area (Å²) in [7, 11) is 0. The number of carbonyl (C=O) groups is 1. The Hall–Kier alpha value is -2.79. The Morgan fingerprint density at radius 3 is 2.53 bits per heavy atom. The fraction of sp³-hybridized carbons (Fsp3) is 0.192. The molecule has 0 fully saturated rings. The first-order valence-corrected chi connectivity index (χ1v) is 11.1. The summed E-state index contributed by atoms with van der Waals surface area (Å²) in [5.74, 6) is 1.61. The SMILES string of the molecule is Cc1ccc(/C=C2\Oc3c(cc4c(c3C)OCN(Cc3ccc(Cl)c(Cl)c3)C4)C2=O)cc1. The summed E-state index contributed by atoms with van der Waals surface area (Å²) in [6, 6.07) is 15.5. The van der Waals surface area contributed by atoms with Gasteiger partial charge in [-0.1, -0.05) is 59.1 Å². The van der Waals surface area contributed by atoms with Gasteiger partial charge in [0, 0.05) is 24.2 Å². The summed E-state index contributed by atoms with van der Waals surface area (Å²) in [5.41, 5.74) is 5.55. The van der Waals surface area contributed by atoms with E-state index in [9.17, 15) is 4.79 Å². The summed E-state index contributed by atoms with van der Waals surface area (Å²) in [5, 5.41) is 1.07. The Bertz CT molecular complexity index is 1270. The average Bonchev–Trinajstić information content (AvgIpc) is 3.08. The summed E-state index contributed by atoms with van der Waals surface area (Å²) in [6.45, 7) is 5.73. The lowest BCUT2D eigenvalue weighted by Gasteiger charge is -2.30. The van der Waals surface area contributed by atoms with Crippen molar-refractivity contribution in [1.29, 1.82) is 0 Å². The quantitative estimate of drug-likeness (QED) is 0.409. The number of hydrogen-bond donors (Lipinski definition) is 0. The zero-order valence-electron chi connectivity index (χ0n) is 17.7. The lowest BCUT2D eigenvalue weighted by Crippen LogP contribution is -2.32. The highest BCUT2D eigenvalue weighted by Gasteiger charge is 2.33. The highest BCUT2D eigenvalue weighted by Crippen LogP contribution is 2.43. The molecule has 0 aromatic heterocycles. The number of rotatable bonds is 3. The summed E-state index contributed by atoms with van der Waals surface area (Å²) in [6.07, 6.45) is 1.79. The standard InChI is InChI=1S/C26H21Cl2NO3/c1-15-3-5-17(6-4-15)10-23-24(30)20-11-19-13-29(12-18-7-8-21(27)22(28)9-18)14-31-25(19)16(2)26(20)32-23/h3-11H,12-14H2,1-2H3/b23-10-. The van der Waals surface area contributed by atoms with Crippen molar-refractivity contribution in [2.45, 2.75) is 26.9 Å². The van der Waals surface area contributed by atoms with Gasteiger partial charge in [-0.25, -0.2) is 0 Å². The van der Waals surface area contributed by atoms with E-state index < -0.39 is 0 Å². The maximum Gasteiger partial charge on any atom is 0.231 e. The molecule has 3 aromatic rings. The van der Waals surface area contributed by atoms with Crippen LogP contribution in [-0.2, 0) is 13.1 Å². The zero-order valence-corrected chi connectivity index (χ0v) is 19.3. The molecule has 162 valence electrons. The van der Waals surface area contributed by atoms with Crippen LogP contribution in [0, 0.1) is 13.8 Å². The predicted molar refractivity (Wildman–Crippen MR) is 126 cm³/mol. The molecule has 0 unspecified atom stereocenters. The number of halogens is 2. The van der Waals surface area contributed by atoms with E-state index in [1.54, 1.807) is 12.1 Å². The van der Waals surface area contributed by atoms with E-state index >= 15 is 0 Å². The second-order valence-corrected chi connectivity index (χ2v) is 9.04. The first-order valence-electron chi connectivity index (χ1n) is 10.4. The van der Waals surface area contributed by atoms with E-state index in [4.69, 9.17) is 32.7 Å². The Kier molecular flexibility index (Phi) is 5.46. The molecule has 5 rings (SSSR count). The summed E-state index contributed by atoms with van der Waals surface area (Å²) < 4.78 is 12.1. The molecule has 0 radical (unpaired) electrons. The molecule has 32 heavy (non-hydrogen) atoms. The molecule has 3 aromatic carbocycles. The van der Waals surface area contributed by atoms with Crippen LogP contribution in [0.1, 0.15) is 38.2 Å². The molecular formula is C26H21Cl2NO3. The highest BCUT2D eigenvalue weighted by molar-refractivity contribution is 6.42. The molecule has 2 aliphatic heterocycles. The Morgan fingerprint density at radius 2 is 1.78 bits per heavy atom. The number of carbonyl (C=O) groups excluding carboxylic acids is 1. The van der Waals surface area contributed by atoms with Crippen molar-refractivity contribution < 1.29 is 14.3 Å². The van der Waals surface area contributed by atoms with Gasteiger partial charge >= 0.3 is 0 Å². The second-order valence-electron chi connectivity index (χ2n) is 8.23. The molecule has 4 nitrogen and oxygen atoms in total. The van der Waals surface area contributed by atoms with Gasteiger partial charge < -0.3 is 9.47 Å². The Balaban J connectivity index is 1.41. The van der Waals surface area contributed by atoms with E-state index in [0.717, 1.165) is 28.0 Å². The van der Waals surface area contributed by atoms with Gasteiger partial charge in [0.1, 0.15) is 18.2 Å². The molecule has 0 amide bonds. The smallest absolute Gasteiger partial charge is 0.231 e. The van der Waals surface area contributed by atoms with Crippen molar-refractivity contribution in [3.63, 3.8) is 0 Å². The zero-order chi connectivity index (χ0) is 22.4. The monoisotopic (exact) mass is 465 g/mol. The number of aryl methyl sites for hydroxylation is 1. The lowest BCUT2D eigenvalue weighted by atomic mass is 9.99. The number of ether oxygens (including phenoxy) is 2. The van der Waals surface area contributed by atoms with E-state index in [1.807, 2.05) is 56.3 Å². The van der Waals surface area contributed by atoms with Crippen LogP contribution in [0.15, 0.2) is 54.3 Å². The highest BCUT2D eigenvalue weighted by atomic mass is 35.5. The van der Waals surface area contributed by atoms with Crippen LogP contribution in [0.25, 0.3) is 6.08 Å². The maximum absolute atomic E-state index is 13.1. The molecule has 0 saturated carbocycles. The fourth-order valence-electron chi connectivity index (χ4n) is 4.11. The van der Waals surface area contributed by atoms with Crippen LogP contribution in [0.5, 0.6) is 11.5 Å². The van der Waals surface area contributed by atoms with Gasteiger partial charge in [-0.05, 0) is 49.2 Å². The third kappa shape index (κ3) is 3.90. The molecule has 0 aliphatic carbocycles. The number of ketones is 1. The summed E-state index contributed by atoms with van der Waals surface area (Å²) >= 11 is 12.2. The third-order valence-corrected chi connectivity index (χ3v) is 6.51. The van der Waals surface area contributed by atoms with Crippen molar-refractivity contribution >= 4 is 35.1 Å². The molecule has 2 aliphatic rings. The molecule has 0 atom stereocenters. The first-order chi connectivity index (χ1) is 15.4. The van der Waals surface area contributed by atoms with Gasteiger partial charge in [-0.15, -0.1) is 0 Å². The summed E-state index contributed by atoms with van der Waals surface area (Å²) in [4.78, 5) is 15.2. The van der Waals surface area contributed by atoms with Gasteiger partial charge in [0.05, 0.1) is 15.6 Å². The minimum atomic E-state index is -0.104. The van der Waals surface area contributed by atoms with E-state index in [-0.39, 0.29) is 5.78 Å². The van der Waals surface area contributed by atoms with Gasteiger partial charge in [0.15, 0.2) is 5.76 Å². The Morgan fingerprint density at radius 1 is 1.00 bits per heavy atom. The average molecular weight is 466 g/mol. The predicted octanol–water partition coefficient (Wildman–Crippen LogP) is 6.58.